The lowest BCUT2D eigenvalue weighted by molar-refractivity contribution is -0.134. The van der Waals surface area contributed by atoms with Gasteiger partial charge in [0.05, 0.1) is 11.5 Å². The maximum Gasteiger partial charge on any atom is 0.313 e. The number of rotatable bonds is 6. The molecule has 0 amide bonds. The number of carboxylic acid groups (broad SMARTS) is 2. The van der Waals surface area contributed by atoms with E-state index >= 15 is 0 Å². The van der Waals surface area contributed by atoms with Crippen molar-refractivity contribution in [2.24, 2.45) is 0 Å². The highest BCUT2D eigenvalue weighted by Gasteiger charge is 2.08. The SMILES string of the molecule is O=C(O)CSc1nsc(SCC(=O)O)n1. The maximum absolute atomic E-state index is 10.2. The second kappa shape index (κ2) is 5.93. The molecule has 15 heavy (non-hydrogen) atoms. The van der Waals surface area contributed by atoms with E-state index in [2.05, 4.69) is 9.36 Å². The molecule has 0 aliphatic heterocycles. The van der Waals surface area contributed by atoms with E-state index in [1.807, 2.05) is 0 Å². The van der Waals surface area contributed by atoms with Crippen LogP contribution >= 0.6 is 35.1 Å². The lowest BCUT2D eigenvalue weighted by Crippen LogP contribution is -1.98. The molecule has 1 heterocycles. The molecular weight excluding hydrogens is 260 g/mol. The van der Waals surface area contributed by atoms with Crippen LogP contribution in [0.5, 0.6) is 0 Å². The number of aliphatic carboxylic acids is 2. The average molecular weight is 266 g/mol. The van der Waals surface area contributed by atoms with Crippen molar-refractivity contribution in [1.29, 1.82) is 0 Å². The molecule has 0 aromatic carbocycles. The molecule has 0 aliphatic carbocycles. The van der Waals surface area contributed by atoms with Crippen molar-refractivity contribution in [3.8, 4) is 0 Å². The average Bonchev–Trinajstić information content (AvgIpc) is 2.59. The Labute approximate surface area is 97.3 Å². The van der Waals surface area contributed by atoms with Crippen molar-refractivity contribution >= 4 is 47.0 Å². The van der Waals surface area contributed by atoms with Crippen molar-refractivity contribution in [2.75, 3.05) is 11.5 Å². The van der Waals surface area contributed by atoms with Gasteiger partial charge in [-0.3, -0.25) is 9.59 Å². The van der Waals surface area contributed by atoms with E-state index in [0.717, 1.165) is 35.1 Å². The quantitative estimate of drug-likeness (QED) is 0.732. The van der Waals surface area contributed by atoms with Crippen LogP contribution in [0.3, 0.4) is 0 Å². The molecular formula is C6H6N2O4S3. The Morgan fingerprint density at radius 1 is 1.20 bits per heavy atom. The molecule has 1 aromatic rings. The molecule has 2 N–H and O–H groups in total. The summed E-state index contributed by atoms with van der Waals surface area (Å²) in [5.74, 6) is -2.03. The van der Waals surface area contributed by atoms with Gasteiger partial charge in [-0.2, -0.15) is 4.37 Å². The number of hydrogen-bond acceptors (Lipinski definition) is 7. The van der Waals surface area contributed by atoms with Gasteiger partial charge in [-0.25, -0.2) is 4.98 Å². The minimum absolute atomic E-state index is 0.0712. The Bertz CT molecular complexity index is 335. The smallest absolute Gasteiger partial charge is 0.313 e. The third kappa shape index (κ3) is 5.00. The summed E-state index contributed by atoms with van der Waals surface area (Å²) in [5, 5.41) is 17.2. The fourth-order valence-corrected chi connectivity index (χ4v) is 2.63. The normalized spacial score (nSPS) is 10.1. The monoisotopic (exact) mass is 266 g/mol. The van der Waals surface area contributed by atoms with Crippen LogP contribution in [0.1, 0.15) is 0 Å². The largest absolute Gasteiger partial charge is 0.481 e. The highest BCUT2D eigenvalue weighted by Crippen LogP contribution is 2.24. The summed E-state index contributed by atoms with van der Waals surface area (Å²) >= 11 is 3.15. The van der Waals surface area contributed by atoms with Crippen LogP contribution < -0.4 is 0 Å². The predicted molar refractivity (Wildman–Crippen MR) is 56.6 cm³/mol. The minimum atomic E-state index is -0.936. The molecule has 0 saturated heterocycles. The Balaban J connectivity index is 2.41. The molecule has 0 aliphatic rings. The summed E-state index contributed by atoms with van der Waals surface area (Å²) in [5.41, 5.74) is 0. The third-order valence-electron chi connectivity index (χ3n) is 1.03. The molecule has 9 heteroatoms. The fraction of sp³-hybridized carbons (Fsp3) is 0.333. The van der Waals surface area contributed by atoms with Gasteiger partial charge >= 0.3 is 11.9 Å². The third-order valence-corrected chi connectivity index (χ3v) is 3.80. The number of carboxylic acids is 2. The van der Waals surface area contributed by atoms with Gasteiger partial charge in [0.2, 0.25) is 5.16 Å². The van der Waals surface area contributed by atoms with Gasteiger partial charge in [0.25, 0.3) is 0 Å². The molecule has 6 nitrogen and oxygen atoms in total. The summed E-state index contributed by atoms with van der Waals surface area (Å²) in [6.45, 7) is 0. The minimum Gasteiger partial charge on any atom is -0.481 e. The van der Waals surface area contributed by atoms with E-state index in [0.29, 0.717) is 9.50 Å². The summed E-state index contributed by atoms with van der Waals surface area (Å²) in [6.07, 6.45) is 0. The number of hydrogen-bond donors (Lipinski definition) is 2. The Morgan fingerprint density at radius 2 is 1.80 bits per heavy atom. The van der Waals surface area contributed by atoms with Crippen LogP contribution in [-0.4, -0.2) is 43.0 Å². The van der Waals surface area contributed by atoms with E-state index in [9.17, 15) is 9.59 Å². The molecule has 0 atom stereocenters. The first-order valence-corrected chi connectivity index (χ1v) is 6.35. The van der Waals surface area contributed by atoms with Crippen LogP contribution in [0.4, 0.5) is 0 Å². The van der Waals surface area contributed by atoms with Gasteiger partial charge in [-0.1, -0.05) is 23.5 Å². The molecule has 0 spiro atoms. The highest BCUT2D eigenvalue weighted by molar-refractivity contribution is 8.01. The number of aromatic nitrogens is 2. The predicted octanol–water partition coefficient (Wildman–Crippen LogP) is 0.891. The first-order valence-electron chi connectivity index (χ1n) is 3.61. The summed E-state index contributed by atoms with van der Waals surface area (Å²) in [4.78, 5) is 24.4. The fourth-order valence-electron chi connectivity index (χ4n) is 0.564. The van der Waals surface area contributed by atoms with E-state index in [1.165, 1.54) is 0 Å². The lowest BCUT2D eigenvalue weighted by Gasteiger charge is -1.90. The van der Waals surface area contributed by atoms with Crippen molar-refractivity contribution in [3.63, 3.8) is 0 Å². The summed E-state index contributed by atoms with van der Waals surface area (Å²) < 4.78 is 4.42. The zero-order chi connectivity index (χ0) is 11.3. The van der Waals surface area contributed by atoms with Gasteiger partial charge < -0.3 is 10.2 Å². The molecule has 0 radical (unpaired) electrons. The summed E-state index contributed by atoms with van der Waals surface area (Å²) in [7, 11) is 0. The Kier molecular flexibility index (Phi) is 4.85. The zero-order valence-electron chi connectivity index (χ0n) is 7.24. The van der Waals surface area contributed by atoms with Crippen molar-refractivity contribution in [1.82, 2.24) is 9.36 Å². The molecule has 0 fully saturated rings. The van der Waals surface area contributed by atoms with Gasteiger partial charge in [0.15, 0.2) is 4.34 Å². The number of thioether (sulfide) groups is 2. The van der Waals surface area contributed by atoms with E-state index in [4.69, 9.17) is 10.2 Å². The van der Waals surface area contributed by atoms with Crippen LogP contribution in [-0.2, 0) is 9.59 Å². The van der Waals surface area contributed by atoms with Crippen molar-refractivity contribution in [2.45, 2.75) is 9.50 Å². The Hall–Kier alpha value is -0.800. The first-order chi connectivity index (χ1) is 7.08. The van der Waals surface area contributed by atoms with E-state index in [-0.39, 0.29) is 11.5 Å². The van der Waals surface area contributed by atoms with Gasteiger partial charge in [0, 0.05) is 0 Å². The van der Waals surface area contributed by atoms with Gasteiger partial charge in [0.1, 0.15) is 0 Å². The molecule has 0 unspecified atom stereocenters. The van der Waals surface area contributed by atoms with Gasteiger partial charge in [-0.05, 0) is 11.5 Å². The molecule has 1 aromatic heterocycles. The van der Waals surface area contributed by atoms with Crippen molar-refractivity contribution < 1.29 is 19.8 Å². The van der Waals surface area contributed by atoms with Gasteiger partial charge in [-0.15, -0.1) is 0 Å². The second-order valence-corrected chi connectivity index (χ2v) is 5.12. The highest BCUT2D eigenvalue weighted by atomic mass is 32.2. The zero-order valence-corrected chi connectivity index (χ0v) is 9.69. The lowest BCUT2D eigenvalue weighted by atomic mass is 10.8. The van der Waals surface area contributed by atoms with Crippen molar-refractivity contribution in [3.05, 3.63) is 0 Å². The summed E-state index contributed by atoms with van der Waals surface area (Å²) in [6, 6.07) is 0. The Morgan fingerprint density at radius 3 is 2.40 bits per heavy atom. The molecule has 0 saturated carbocycles. The number of carbonyl (C=O) groups is 2. The maximum atomic E-state index is 10.2. The van der Waals surface area contributed by atoms with Crippen LogP contribution in [0.25, 0.3) is 0 Å². The first kappa shape index (κ1) is 12.3. The van der Waals surface area contributed by atoms with E-state index in [1.54, 1.807) is 0 Å². The molecule has 1 rings (SSSR count). The number of nitrogens with zero attached hydrogens (tertiary/aromatic N) is 2. The van der Waals surface area contributed by atoms with Crippen LogP contribution in [0.15, 0.2) is 9.50 Å². The van der Waals surface area contributed by atoms with Crippen LogP contribution in [0.2, 0.25) is 0 Å². The molecule has 0 bridgehead atoms. The topological polar surface area (TPSA) is 100 Å². The van der Waals surface area contributed by atoms with Crippen LogP contribution in [0, 0.1) is 0 Å². The van der Waals surface area contributed by atoms with E-state index < -0.39 is 11.9 Å². The second-order valence-electron chi connectivity index (χ2n) is 2.21. The standard InChI is InChI=1S/C6H6N2O4S3/c9-3(10)1-13-5-7-6(15-8-5)14-2-4(11)12/h1-2H2,(H,9,10)(H,11,12). The molecule has 82 valence electrons.